The highest BCUT2D eigenvalue weighted by atomic mass is 16.4. The molecule has 9 nitrogen and oxygen atoms in total. The number of H-pyrrole nitrogens is 1. The second-order valence-electron chi connectivity index (χ2n) is 8.79. The van der Waals surface area contributed by atoms with Crippen LogP contribution in [0.15, 0.2) is 18.5 Å². The summed E-state index contributed by atoms with van der Waals surface area (Å²) < 4.78 is 0. The first kappa shape index (κ1) is 18.1. The number of nitrogens with zero attached hydrogens (tertiary/aromatic N) is 1. The van der Waals surface area contributed by atoms with Gasteiger partial charge in [-0.1, -0.05) is 0 Å². The Bertz CT molecular complexity index is 1020. The van der Waals surface area contributed by atoms with Crippen LogP contribution in [0.2, 0.25) is 0 Å². The maximum Gasteiger partial charge on any atom is 0.394 e. The molecular weight excluding hydrogens is 374 g/mol. The van der Waals surface area contributed by atoms with Crippen molar-refractivity contribution in [1.82, 2.24) is 15.3 Å². The lowest BCUT2D eigenvalue weighted by Crippen LogP contribution is -2.59. The van der Waals surface area contributed by atoms with Gasteiger partial charge >= 0.3 is 11.9 Å². The number of fused-ring (bicyclic) bond motifs is 1. The quantitative estimate of drug-likeness (QED) is 0.262. The molecule has 2 aromatic heterocycles. The van der Waals surface area contributed by atoms with Crippen LogP contribution in [0.1, 0.15) is 37.7 Å². The van der Waals surface area contributed by atoms with E-state index in [2.05, 4.69) is 20.6 Å². The smallest absolute Gasteiger partial charge is 0.394 e. The average molecular weight is 397 g/mol. The molecule has 9 heteroatoms. The second-order valence-corrected chi connectivity index (χ2v) is 8.79. The van der Waals surface area contributed by atoms with Crippen molar-refractivity contribution in [2.24, 2.45) is 17.8 Å². The largest absolute Gasteiger partial charge is 0.474 e. The maximum absolute atomic E-state index is 11.6. The molecule has 4 bridgehead atoms. The predicted molar refractivity (Wildman–Crippen MR) is 105 cm³/mol. The summed E-state index contributed by atoms with van der Waals surface area (Å²) >= 11 is 0. The Morgan fingerprint density at radius 3 is 2.62 bits per heavy atom. The Morgan fingerprint density at radius 2 is 1.97 bits per heavy atom. The van der Waals surface area contributed by atoms with Gasteiger partial charge in [-0.05, 0) is 55.9 Å². The lowest BCUT2D eigenvalue weighted by atomic mass is 9.52. The van der Waals surface area contributed by atoms with Gasteiger partial charge in [0.2, 0.25) is 0 Å². The third-order valence-corrected chi connectivity index (χ3v) is 6.84. The minimum absolute atomic E-state index is 0.161. The Hall–Kier alpha value is -2.94. The van der Waals surface area contributed by atoms with Crippen molar-refractivity contribution in [2.75, 3.05) is 5.32 Å². The number of amides is 1. The molecule has 4 saturated carbocycles. The minimum atomic E-state index is -1.64. The van der Waals surface area contributed by atoms with E-state index in [9.17, 15) is 14.7 Å². The van der Waals surface area contributed by atoms with Crippen LogP contribution >= 0.6 is 0 Å². The van der Waals surface area contributed by atoms with Crippen molar-refractivity contribution < 1.29 is 19.8 Å². The van der Waals surface area contributed by atoms with Gasteiger partial charge in [-0.25, -0.2) is 9.78 Å². The van der Waals surface area contributed by atoms with Crippen LogP contribution in [0.4, 0.5) is 5.69 Å². The highest BCUT2D eigenvalue weighted by molar-refractivity contribution is 6.36. The van der Waals surface area contributed by atoms with Crippen LogP contribution in [-0.2, 0) is 9.59 Å². The molecule has 4 aliphatic rings. The summed E-state index contributed by atoms with van der Waals surface area (Å²) in [5.74, 6) is -1.93. The van der Waals surface area contributed by atoms with Gasteiger partial charge in [-0.3, -0.25) is 10.2 Å². The topological polar surface area (TPSA) is 151 Å². The number of pyridine rings is 1. The molecule has 0 aliphatic heterocycles. The van der Waals surface area contributed by atoms with Crippen molar-refractivity contribution >= 4 is 34.4 Å². The lowest BCUT2D eigenvalue weighted by molar-refractivity contribution is -0.149. The van der Waals surface area contributed by atoms with E-state index in [0.717, 1.165) is 37.5 Å². The van der Waals surface area contributed by atoms with Crippen LogP contribution < -0.4 is 10.6 Å². The van der Waals surface area contributed by atoms with Crippen LogP contribution in [-0.4, -0.2) is 49.5 Å². The molecule has 0 radical (unpaired) electrons. The average Bonchev–Trinajstić information content (AvgIpc) is 3.12. The standard InChI is InChI=1S/C20H23N5O4/c21-16(25-18(26)19(27)28)13-8-23-17-12(1-2-22-17)15(13)24-14-10-3-9-4-11(14)7-20(29,5-9)6-10/h1-2,8-11,14,29H,3-7H2,(H,27,28)(H2,21,25,26)(H2,22,23,24)/t9?,10-,11+,14?,20?. The number of nitrogens with one attached hydrogen (secondary N) is 4. The number of hydrogen-bond donors (Lipinski definition) is 6. The van der Waals surface area contributed by atoms with Gasteiger partial charge in [-0.2, -0.15) is 0 Å². The number of aromatic nitrogens is 2. The van der Waals surface area contributed by atoms with Gasteiger partial charge in [0.05, 0.1) is 16.9 Å². The van der Waals surface area contributed by atoms with Crippen molar-refractivity contribution in [3.63, 3.8) is 0 Å². The van der Waals surface area contributed by atoms with Crippen LogP contribution in [0.25, 0.3) is 11.0 Å². The number of carboxylic acid groups (broad SMARTS) is 1. The summed E-state index contributed by atoms with van der Waals surface area (Å²) in [6.45, 7) is 0. The number of aromatic amines is 1. The summed E-state index contributed by atoms with van der Waals surface area (Å²) in [5, 5.41) is 34.4. The van der Waals surface area contributed by atoms with E-state index in [4.69, 9.17) is 10.5 Å². The van der Waals surface area contributed by atoms with Crippen LogP contribution in [0, 0.1) is 23.2 Å². The van der Waals surface area contributed by atoms with Crippen molar-refractivity contribution in [2.45, 2.75) is 43.7 Å². The van der Waals surface area contributed by atoms with Crippen molar-refractivity contribution in [3.8, 4) is 0 Å². The van der Waals surface area contributed by atoms with Gasteiger partial charge in [0.15, 0.2) is 0 Å². The van der Waals surface area contributed by atoms with E-state index in [1.54, 1.807) is 6.20 Å². The van der Waals surface area contributed by atoms with Crippen LogP contribution in [0.3, 0.4) is 0 Å². The summed E-state index contributed by atoms with van der Waals surface area (Å²) in [6.07, 6.45) is 7.85. The fourth-order valence-corrected chi connectivity index (χ4v) is 5.97. The number of carbonyl (C=O) groups is 2. The number of hydrogen-bond acceptors (Lipinski definition) is 6. The van der Waals surface area contributed by atoms with Crippen molar-refractivity contribution in [3.05, 3.63) is 24.0 Å². The first-order chi connectivity index (χ1) is 13.8. The molecule has 2 aromatic rings. The van der Waals surface area contributed by atoms with Crippen LogP contribution in [0.5, 0.6) is 0 Å². The first-order valence-corrected chi connectivity index (χ1v) is 9.91. The molecule has 1 amide bonds. The van der Waals surface area contributed by atoms with E-state index in [1.165, 1.54) is 6.20 Å². The molecule has 5 atom stereocenters. The zero-order chi connectivity index (χ0) is 20.3. The predicted octanol–water partition coefficient (Wildman–Crippen LogP) is 1.44. The molecule has 152 valence electrons. The fraction of sp³-hybridized carbons (Fsp3) is 0.500. The number of amidine groups is 1. The van der Waals surface area contributed by atoms with Gasteiger partial charge in [0, 0.05) is 23.8 Å². The van der Waals surface area contributed by atoms with Gasteiger partial charge < -0.3 is 25.8 Å². The Labute approximate surface area is 166 Å². The molecule has 4 aliphatic carbocycles. The molecule has 29 heavy (non-hydrogen) atoms. The number of carboxylic acids is 1. The summed E-state index contributed by atoms with van der Waals surface area (Å²) in [6, 6.07) is 2.01. The molecule has 6 N–H and O–H groups in total. The Kier molecular flexibility index (Phi) is 3.92. The lowest BCUT2D eigenvalue weighted by Gasteiger charge is -2.58. The molecule has 0 spiro atoms. The zero-order valence-electron chi connectivity index (χ0n) is 15.7. The first-order valence-electron chi connectivity index (χ1n) is 9.91. The molecule has 6 rings (SSSR count). The molecular formula is C20H23N5O4. The molecule has 0 saturated heterocycles. The van der Waals surface area contributed by atoms with Gasteiger partial charge in [-0.15, -0.1) is 0 Å². The normalized spacial score (nSPS) is 32.3. The minimum Gasteiger partial charge on any atom is -0.474 e. The van der Waals surface area contributed by atoms with E-state index in [0.29, 0.717) is 34.7 Å². The van der Waals surface area contributed by atoms with Gasteiger partial charge in [0.1, 0.15) is 11.5 Å². The Morgan fingerprint density at radius 1 is 1.24 bits per heavy atom. The van der Waals surface area contributed by atoms with E-state index in [1.807, 2.05) is 6.07 Å². The van der Waals surface area contributed by atoms with E-state index in [-0.39, 0.29) is 11.9 Å². The highest BCUT2D eigenvalue weighted by Gasteiger charge is 2.54. The SMILES string of the molecule is N=C(NC(=O)C(=O)O)c1cnc2[nH]ccc2c1NC1[C@@H]2CC3C[C@H]1CC(O)(C3)C2. The number of rotatable bonds is 3. The number of aliphatic hydroxyl groups is 1. The van der Waals surface area contributed by atoms with Crippen molar-refractivity contribution in [1.29, 1.82) is 5.41 Å². The number of anilines is 1. The third-order valence-electron chi connectivity index (χ3n) is 6.84. The summed E-state index contributed by atoms with van der Waals surface area (Å²) in [7, 11) is 0. The summed E-state index contributed by atoms with van der Waals surface area (Å²) in [4.78, 5) is 29.8. The second kappa shape index (κ2) is 6.28. The zero-order valence-corrected chi connectivity index (χ0v) is 15.7. The monoisotopic (exact) mass is 397 g/mol. The van der Waals surface area contributed by atoms with E-state index < -0.39 is 17.5 Å². The third kappa shape index (κ3) is 2.96. The fourth-order valence-electron chi connectivity index (χ4n) is 5.97. The number of carbonyl (C=O) groups excluding carboxylic acids is 1. The number of aliphatic carboxylic acids is 1. The van der Waals surface area contributed by atoms with E-state index >= 15 is 0 Å². The highest BCUT2D eigenvalue weighted by Crippen LogP contribution is 2.56. The maximum atomic E-state index is 11.6. The Balaban J connectivity index is 1.49. The molecule has 2 heterocycles. The summed E-state index contributed by atoms with van der Waals surface area (Å²) in [5.41, 5.74) is 1.12. The molecule has 4 fully saturated rings. The molecule has 0 aromatic carbocycles. The van der Waals surface area contributed by atoms with Gasteiger partial charge in [0.25, 0.3) is 0 Å². The molecule has 3 unspecified atom stereocenters.